The number of hydrogen-bond acceptors (Lipinski definition) is 15. The SMILES string of the molecule is CC(=O)N[C@H](C(=O)N1C[C@H](O)C[C@H]1C(=O)N[C@@H](CN1CCC(C(=O)N2CCC(Nc3nccc(Sc4cnc(N5CCC(C)(CN)CC5)cn4)c3Cl)CC2)CC1)c1ccc(-c2scnc2C)cc1)C(C)(C)C. The highest BCUT2D eigenvalue weighted by molar-refractivity contribution is 7.99. The van der Waals surface area contributed by atoms with Gasteiger partial charge < -0.3 is 46.4 Å². The maximum atomic E-state index is 14.3. The van der Waals surface area contributed by atoms with Gasteiger partial charge in [0, 0.05) is 75.7 Å². The molecule has 4 amide bonds. The van der Waals surface area contributed by atoms with Crippen LogP contribution in [0.3, 0.4) is 0 Å². The van der Waals surface area contributed by atoms with Crippen LogP contribution in [0.4, 0.5) is 11.6 Å². The molecule has 0 bridgehead atoms. The van der Waals surface area contributed by atoms with Crippen molar-refractivity contribution in [2.45, 2.75) is 127 Å². The number of halogens is 1. The molecule has 8 rings (SSSR count). The Morgan fingerprint density at radius 3 is 2.26 bits per heavy atom. The Balaban J connectivity index is 0.850. The topological polar surface area (TPSA) is 215 Å². The zero-order valence-corrected chi connectivity index (χ0v) is 44.8. The highest BCUT2D eigenvalue weighted by atomic mass is 35.5. The number of pyridine rings is 1. The Morgan fingerprint density at radius 1 is 0.944 bits per heavy atom. The lowest BCUT2D eigenvalue weighted by Gasteiger charge is -2.39. The molecule has 7 heterocycles. The summed E-state index contributed by atoms with van der Waals surface area (Å²) in [5, 5.41) is 21.7. The third-order valence-electron chi connectivity index (χ3n) is 15.0. The van der Waals surface area contributed by atoms with Crippen LogP contribution in [-0.2, 0) is 19.2 Å². The summed E-state index contributed by atoms with van der Waals surface area (Å²) in [4.78, 5) is 82.8. The lowest BCUT2D eigenvalue weighted by Crippen LogP contribution is -2.57. The Kier molecular flexibility index (Phi) is 17.1. The van der Waals surface area contributed by atoms with Crippen molar-refractivity contribution in [1.82, 2.24) is 45.3 Å². The number of nitrogens with two attached hydrogens (primary N) is 1. The van der Waals surface area contributed by atoms with Crippen LogP contribution in [0.25, 0.3) is 10.4 Å². The fourth-order valence-corrected chi connectivity index (χ4v) is 12.2. The number of carbonyl (C=O) groups is 4. The molecule has 20 heteroatoms. The first-order chi connectivity index (χ1) is 34.4. The van der Waals surface area contributed by atoms with Gasteiger partial charge in [0.1, 0.15) is 28.7 Å². The summed E-state index contributed by atoms with van der Waals surface area (Å²) in [5.41, 5.74) is 10.3. The second kappa shape index (κ2) is 23.1. The van der Waals surface area contributed by atoms with E-state index in [-0.39, 0.29) is 48.1 Å². The Bertz CT molecular complexity index is 2520. The second-order valence-corrected chi connectivity index (χ2v) is 23.7. The predicted molar refractivity (Wildman–Crippen MR) is 283 cm³/mol. The van der Waals surface area contributed by atoms with Gasteiger partial charge in [-0.05, 0) is 93.1 Å². The lowest BCUT2D eigenvalue weighted by molar-refractivity contribution is -0.144. The van der Waals surface area contributed by atoms with Gasteiger partial charge in [0.05, 0.1) is 45.6 Å². The smallest absolute Gasteiger partial charge is 0.246 e. The molecule has 4 aromatic rings. The lowest BCUT2D eigenvalue weighted by atomic mass is 9.80. The molecule has 6 N–H and O–H groups in total. The molecular weight excluding hydrogens is 972 g/mol. The summed E-state index contributed by atoms with van der Waals surface area (Å²) >= 11 is 9.97. The van der Waals surface area contributed by atoms with E-state index in [1.807, 2.05) is 74.6 Å². The minimum Gasteiger partial charge on any atom is -0.391 e. The van der Waals surface area contributed by atoms with Crippen LogP contribution in [0.1, 0.15) is 96.9 Å². The molecule has 388 valence electrons. The number of aliphatic hydroxyl groups excluding tert-OH is 1. The normalized spacial score (nSPS) is 21.0. The third kappa shape index (κ3) is 12.9. The molecule has 72 heavy (non-hydrogen) atoms. The van der Waals surface area contributed by atoms with Crippen molar-refractivity contribution in [1.29, 1.82) is 0 Å². The molecule has 0 spiro atoms. The largest absolute Gasteiger partial charge is 0.391 e. The molecule has 4 fully saturated rings. The van der Waals surface area contributed by atoms with E-state index < -0.39 is 35.6 Å². The number of aromatic nitrogens is 4. The van der Waals surface area contributed by atoms with Crippen molar-refractivity contribution >= 4 is 70.0 Å². The molecule has 4 aliphatic heterocycles. The maximum Gasteiger partial charge on any atom is 0.246 e. The molecule has 4 atom stereocenters. The quantitative estimate of drug-likeness (QED) is 0.0903. The Labute approximate surface area is 436 Å². The minimum atomic E-state index is -0.920. The van der Waals surface area contributed by atoms with E-state index in [4.69, 9.17) is 27.3 Å². The molecule has 1 aromatic carbocycles. The van der Waals surface area contributed by atoms with Crippen molar-refractivity contribution in [3.8, 4) is 10.4 Å². The van der Waals surface area contributed by atoms with E-state index >= 15 is 0 Å². The fraction of sp³-hybridized carbons (Fsp3) is 0.577. The number of likely N-dealkylation sites (tertiary alicyclic amines) is 3. The van der Waals surface area contributed by atoms with Crippen LogP contribution in [0, 0.1) is 23.7 Å². The predicted octanol–water partition coefficient (Wildman–Crippen LogP) is 6.16. The first-order valence-electron chi connectivity index (χ1n) is 25.3. The summed E-state index contributed by atoms with van der Waals surface area (Å²) in [7, 11) is 0. The van der Waals surface area contributed by atoms with Crippen LogP contribution in [-0.4, -0.2) is 147 Å². The van der Waals surface area contributed by atoms with Crippen molar-refractivity contribution in [3.05, 3.63) is 70.7 Å². The zero-order valence-electron chi connectivity index (χ0n) is 42.4. The van der Waals surface area contributed by atoms with E-state index in [1.165, 1.54) is 23.6 Å². The van der Waals surface area contributed by atoms with E-state index in [0.29, 0.717) is 63.0 Å². The van der Waals surface area contributed by atoms with Gasteiger partial charge in [-0.1, -0.05) is 75.3 Å². The number of nitrogens with one attached hydrogen (secondary N) is 3. The number of thiazole rings is 1. The zero-order chi connectivity index (χ0) is 51.3. The number of benzene rings is 1. The standard InChI is InChI=1S/C52H71ClN12O5S2/c1-32-45(71-31-58-32)35-9-7-34(8-10-35)39(61-48(68)40-25-38(67)28-65(40)50(70)46(51(3,4)5)59-33(2)66)29-62-19-12-36(13-20-62)49(69)64-21-14-37(15-22-64)60-47-44(53)41(11-18-55-47)72-43-27-56-42(26-57-43)63-23-16-52(6,30-54)17-24-63/h7-11,18,26-27,31,36-40,46,67H,12-17,19-25,28-30,54H2,1-6H3,(H,55,60)(H,59,66)(H,61,68)/t38-,39+,40+,46-/m1/s1. The van der Waals surface area contributed by atoms with Crippen molar-refractivity contribution in [2.75, 3.05) is 69.1 Å². The monoisotopic (exact) mass is 1040 g/mol. The molecule has 0 saturated carbocycles. The fourth-order valence-electron chi connectivity index (χ4n) is 10.3. The summed E-state index contributed by atoms with van der Waals surface area (Å²) in [6.45, 7) is 16.8. The molecule has 4 aliphatic rings. The second-order valence-electron chi connectivity index (χ2n) is 21.5. The van der Waals surface area contributed by atoms with E-state index in [9.17, 15) is 24.3 Å². The third-order valence-corrected chi connectivity index (χ3v) is 17.4. The van der Waals surface area contributed by atoms with Crippen molar-refractivity contribution in [3.63, 3.8) is 0 Å². The van der Waals surface area contributed by atoms with Crippen LogP contribution < -0.4 is 26.6 Å². The van der Waals surface area contributed by atoms with Crippen LogP contribution in [0.2, 0.25) is 5.02 Å². The average Bonchev–Trinajstić information content (AvgIpc) is 3.99. The molecule has 0 unspecified atom stereocenters. The first-order valence-corrected chi connectivity index (χ1v) is 27.4. The van der Waals surface area contributed by atoms with Gasteiger partial charge in [0.15, 0.2) is 0 Å². The van der Waals surface area contributed by atoms with Crippen molar-refractivity contribution < 1.29 is 24.3 Å². The number of piperidine rings is 3. The molecular formula is C52H71ClN12O5S2. The van der Waals surface area contributed by atoms with Gasteiger partial charge >= 0.3 is 0 Å². The number of amides is 4. The summed E-state index contributed by atoms with van der Waals surface area (Å²) in [6, 6.07) is 7.88. The number of hydrogen-bond donors (Lipinski definition) is 5. The first kappa shape index (κ1) is 53.4. The van der Waals surface area contributed by atoms with Crippen LogP contribution >= 0.6 is 34.7 Å². The number of carbonyl (C=O) groups excluding carboxylic acids is 4. The highest BCUT2D eigenvalue weighted by Crippen LogP contribution is 2.38. The summed E-state index contributed by atoms with van der Waals surface area (Å²) < 4.78 is 0. The molecule has 17 nitrogen and oxygen atoms in total. The van der Waals surface area contributed by atoms with Gasteiger partial charge in [0.25, 0.3) is 0 Å². The number of β-amino-alcohol motifs (C(OH)–C–C–N with tert-alkyl or cyclic N) is 1. The molecule has 3 aromatic heterocycles. The highest BCUT2D eigenvalue weighted by Gasteiger charge is 2.45. The number of rotatable bonds is 15. The van der Waals surface area contributed by atoms with E-state index in [0.717, 1.165) is 76.2 Å². The number of aryl methyl sites for hydroxylation is 1. The van der Waals surface area contributed by atoms with Gasteiger partial charge in [-0.15, -0.1) is 11.3 Å². The maximum absolute atomic E-state index is 14.3. The summed E-state index contributed by atoms with van der Waals surface area (Å²) in [6.07, 6.45) is 9.56. The molecule has 0 radical (unpaired) electrons. The van der Waals surface area contributed by atoms with Gasteiger partial charge in [-0.25, -0.2) is 19.9 Å². The average molecular weight is 1040 g/mol. The molecule has 0 aliphatic carbocycles. The van der Waals surface area contributed by atoms with Gasteiger partial charge in [-0.2, -0.15) is 0 Å². The molecule has 4 saturated heterocycles. The van der Waals surface area contributed by atoms with Crippen LogP contribution in [0.5, 0.6) is 0 Å². The van der Waals surface area contributed by atoms with Gasteiger partial charge in [-0.3, -0.25) is 19.2 Å². The summed E-state index contributed by atoms with van der Waals surface area (Å²) in [5.74, 6) is 0.446. The number of aliphatic hydroxyl groups is 1. The minimum absolute atomic E-state index is 0.00646. The Hall–Kier alpha value is -4.92. The number of nitrogens with zero attached hydrogens (tertiary/aromatic N) is 8. The Morgan fingerprint density at radius 2 is 1.65 bits per heavy atom. The van der Waals surface area contributed by atoms with Crippen LogP contribution in [0.15, 0.2) is 64.4 Å². The van der Waals surface area contributed by atoms with E-state index in [1.54, 1.807) is 23.7 Å². The number of anilines is 2. The van der Waals surface area contributed by atoms with Gasteiger partial charge in [0.2, 0.25) is 23.6 Å². The van der Waals surface area contributed by atoms with Crippen molar-refractivity contribution in [2.24, 2.45) is 22.5 Å². The van der Waals surface area contributed by atoms with E-state index in [2.05, 4.69) is 42.6 Å².